The molecule has 1 rings (SSSR count). The molecule has 0 radical (unpaired) electrons. The minimum Gasteiger partial charge on any atom is -0.493 e. The van der Waals surface area contributed by atoms with Gasteiger partial charge in [0.25, 0.3) is 4.77 Å². The van der Waals surface area contributed by atoms with E-state index in [0.717, 1.165) is 0 Å². The van der Waals surface area contributed by atoms with E-state index in [2.05, 4.69) is 0 Å². The van der Waals surface area contributed by atoms with Crippen molar-refractivity contribution >= 4 is 22.2 Å². The van der Waals surface area contributed by atoms with Gasteiger partial charge in [-0.05, 0) is 12.1 Å². The van der Waals surface area contributed by atoms with Gasteiger partial charge in [0.2, 0.25) is 22.2 Å². The number of benzene rings is 1. The van der Waals surface area contributed by atoms with Gasteiger partial charge in [0.15, 0.2) is 11.5 Å². The van der Waals surface area contributed by atoms with Crippen LogP contribution in [0.15, 0.2) is 24.3 Å². The highest BCUT2D eigenvalue weighted by Crippen LogP contribution is 2.27. The largest absolute Gasteiger partial charge is 0.493 e. The van der Waals surface area contributed by atoms with Crippen LogP contribution < -0.4 is 9.47 Å². The molecule has 0 aromatic heterocycles. The second kappa shape index (κ2) is 5.94. The SMILES string of the molecule is COc1ccccc1OC(S(=O)O)S(=O)O. The molecule has 2 atom stereocenters. The van der Waals surface area contributed by atoms with Crippen LogP contribution in [0.3, 0.4) is 0 Å². The predicted octanol–water partition coefficient (Wildman–Crippen LogP) is 0.801. The highest BCUT2D eigenvalue weighted by molar-refractivity contribution is 7.97. The molecular formula is C8H10O6S2. The van der Waals surface area contributed by atoms with Crippen molar-refractivity contribution in [2.75, 3.05) is 7.11 Å². The van der Waals surface area contributed by atoms with Crippen molar-refractivity contribution in [3.05, 3.63) is 24.3 Å². The van der Waals surface area contributed by atoms with Gasteiger partial charge in [-0.25, -0.2) is 8.42 Å². The van der Waals surface area contributed by atoms with Crippen molar-refractivity contribution in [2.45, 2.75) is 4.77 Å². The van der Waals surface area contributed by atoms with Crippen LogP contribution in [0.2, 0.25) is 0 Å². The lowest BCUT2D eigenvalue weighted by atomic mass is 10.3. The van der Waals surface area contributed by atoms with Gasteiger partial charge in [-0.1, -0.05) is 12.1 Å². The fraction of sp³-hybridized carbons (Fsp3) is 0.250. The van der Waals surface area contributed by atoms with Crippen LogP contribution in [-0.4, -0.2) is 29.4 Å². The third kappa shape index (κ3) is 3.27. The summed E-state index contributed by atoms with van der Waals surface area (Å²) >= 11 is -5.14. The van der Waals surface area contributed by atoms with E-state index in [-0.39, 0.29) is 5.75 Å². The minimum absolute atomic E-state index is 0.125. The third-order valence-electron chi connectivity index (χ3n) is 1.62. The monoisotopic (exact) mass is 266 g/mol. The average Bonchev–Trinajstić information content (AvgIpc) is 2.25. The fourth-order valence-corrected chi connectivity index (χ4v) is 1.91. The van der Waals surface area contributed by atoms with Crippen LogP contribution in [0.1, 0.15) is 0 Å². The summed E-state index contributed by atoms with van der Waals surface area (Å²) < 4.78 is 47.1. The van der Waals surface area contributed by atoms with Crippen LogP contribution in [0, 0.1) is 0 Å². The van der Waals surface area contributed by atoms with Gasteiger partial charge >= 0.3 is 0 Å². The van der Waals surface area contributed by atoms with Gasteiger partial charge in [-0.15, -0.1) is 0 Å². The Morgan fingerprint density at radius 2 is 1.62 bits per heavy atom. The number of hydrogen-bond acceptors (Lipinski definition) is 4. The van der Waals surface area contributed by atoms with E-state index >= 15 is 0 Å². The summed E-state index contributed by atoms with van der Waals surface area (Å²) in [5, 5.41) is 0. The molecule has 16 heavy (non-hydrogen) atoms. The van der Waals surface area contributed by atoms with Gasteiger partial charge < -0.3 is 18.6 Å². The van der Waals surface area contributed by atoms with Gasteiger partial charge in [0.1, 0.15) is 0 Å². The normalized spacial score (nSPS) is 16.2. The van der Waals surface area contributed by atoms with Crippen LogP contribution in [0.4, 0.5) is 0 Å². The summed E-state index contributed by atoms with van der Waals surface area (Å²) in [4.78, 5) is 0. The van der Waals surface area contributed by atoms with Crippen LogP contribution in [0.25, 0.3) is 0 Å². The third-order valence-corrected chi connectivity index (χ3v) is 3.46. The molecule has 0 bridgehead atoms. The molecule has 0 saturated carbocycles. The molecule has 0 saturated heterocycles. The summed E-state index contributed by atoms with van der Waals surface area (Å²) in [7, 11) is 1.39. The van der Waals surface area contributed by atoms with Crippen LogP contribution >= 0.6 is 0 Å². The highest BCUT2D eigenvalue weighted by atomic mass is 32.3. The summed E-state index contributed by atoms with van der Waals surface area (Å²) in [5.74, 6) is 0.434. The average molecular weight is 266 g/mol. The molecule has 1 aromatic carbocycles. The Hall–Kier alpha value is -0.960. The smallest absolute Gasteiger partial charge is 0.297 e. The van der Waals surface area contributed by atoms with E-state index < -0.39 is 26.9 Å². The topological polar surface area (TPSA) is 93.1 Å². The van der Waals surface area contributed by atoms with Crippen molar-refractivity contribution in [3.63, 3.8) is 0 Å². The maximum atomic E-state index is 10.7. The summed E-state index contributed by atoms with van der Waals surface area (Å²) in [5.41, 5.74) is 0. The van der Waals surface area contributed by atoms with Crippen molar-refractivity contribution in [2.24, 2.45) is 0 Å². The molecule has 90 valence electrons. The Morgan fingerprint density at radius 1 is 1.12 bits per heavy atom. The molecule has 2 unspecified atom stereocenters. The lowest BCUT2D eigenvalue weighted by Gasteiger charge is -2.14. The van der Waals surface area contributed by atoms with Gasteiger partial charge in [-0.2, -0.15) is 0 Å². The van der Waals surface area contributed by atoms with Crippen molar-refractivity contribution < 1.29 is 27.0 Å². The van der Waals surface area contributed by atoms with Gasteiger partial charge in [0, 0.05) is 0 Å². The molecule has 0 heterocycles. The zero-order chi connectivity index (χ0) is 12.1. The van der Waals surface area contributed by atoms with Crippen molar-refractivity contribution in [1.82, 2.24) is 0 Å². The predicted molar refractivity (Wildman–Crippen MR) is 59.0 cm³/mol. The Bertz CT molecular complexity index is 393. The first-order chi connectivity index (χ1) is 7.56. The molecule has 1 aromatic rings. The van der Waals surface area contributed by atoms with E-state index in [9.17, 15) is 8.42 Å². The first-order valence-corrected chi connectivity index (χ1v) is 6.39. The van der Waals surface area contributed by atoms with E-state index in [0.29, 0.717) is 5.75 Å². The Kier molecular flexibility index (Phi) is 4.87. The van der Waals surface area contributed by atoms with Crippen molar-refractivity contribution in [3.8, 4) is 11.5 Å². The number of para-hydroxylation sites is 2. The van der Waals surface area contributed by atoms with E-state index in [1.54, 1.807) is 18.2 Å². The molecular weight excluding hydrogens is 256 g/mol. The first-order valence-electron chi connectivity index (χ1n) is 4.05. The zero-order valence-corrected chi connectivity index (χ0v) is 9.86. The molecule has 0 aliphatic heterocycles. The van der Waals surface area contributed by atoms with Crippen molar-refractivity contribution in [1.29, 1.82) is 0 Å². The molecule has 8 heteroatoms. The first kappa shape index (κ1) is 13.1. The molecule has 0 aliphatic rings. The Labute approximate surface area is 97.1 Å². The Morgan fingerprint density at radius 3 is 2.06 bits per heavy atom. The molecule has 0 spiro atoms. The van der Waals surface area contributed by atoms with E-state index in [1.165, 1.54) is 13.2 Å². The lowest BCUT2D eigenvalue weighted by Crippen LogP contribution is -2.27. The van der Waals surface area contributed by atoms with Crippen LogP contribution in [-0.2, 0) is 22.2 Å². The molecule has 0 fully saturated rings. The molecule has 0 aliphatic carbocycles. The molecule has 6 nitrogen and oxygen atoms in total. The van der Waals surface area contributed by atoms with E-state index in [1.807, 2.05) is 0 Å². The fourth-order valence-electron chi connectivity index (χ4n) is 0.973. The number of methoxy groups -OCH3 is 1. The van der Waals surface area contributed by atoms with Gasteiger partial charge in [0.05, 0.1) is 7.11 Å². The summed E-state index contributed by atoms with van der Waals surface area (Å²) in [6.45, 7) is 0. The second-order valence-corrected chi connectivity index (χ2v) is 4.87. The standard InChI is InChI=1S/C8H10O6S2/c1-13-6-4-2-3-5-7(6)14-8(15(9)10)16(11)12/h2-5,8H,1H3,(H,9,10)(H,11,12). The minimum atomic E-state index is -2.57. The summed E-state index contributed by atoms with van der Waals surface area (Å²) in [6.07, 6.45) is 0. The van der Waals surface area contributed by atoms with E-state index in [4.69, 9.17) is 18.6 Å². The molecule has 0 amide bonds. The maximum Gasteiger partial charge on any atom is 0.297 e. The molecule has 2 N–H and O–H groups in total. The Balaban J connectivity index is 2.93. The number of ether oxygens (including phenoxy) is 2. The number of hydrogen-bond donors (Lipinski definition) is 2. The van der Waals surface area contributed by atoms with Crippen LogP contribution in [0.5, 0.6) is 11.5 Å². The second-order valence-electron chi connectivity index (χ2n) is 2.61. The highest BCUT2D eigenvalue weighted by Gasteiger charge is 2.24. The zero-order valence-electron chi connectivity index (χ0n) is 8.23. The maximum absolute atomic E-state index is 10.7. The quantitative estimate of drug-likeness (QED) is 0.766. The lowest BCUT2D eigenvalue weighted by molar-refractivity contribution is 0.303. The summed E-state index contributed by atoms with van der Waals surface area (Å²) in [6, 6.07) is 6.31. The van der Waals surface area contributed by atoms with Gasteiger partial charge in [-0.3, -0.25) is 0 Å². The number of rotatable bonds is 5.